The zero-order chi connectivity index (χ0) is 13.5. The van der Waals surface area contributed by atoms with Crippen LogP contribution in [0.1, 0.15) is 33.5 Å². The van der Waals surface area contributed by atoms with Crippen LogP contribution in [-0.4, -0.2) is 30.1 Å². The van der Waals surface area contributed by atoms with Crippen molar-refractivity contribution >= 4 is 23.2 Å². The van der Waals surface area contributed by atoms with Crippen LogP contribution in [-0.2, 0) is 11.3 Å². The summed E-state index contributed by atoms with van der Waals surface area (Å²) in [5.41, 5.74) is 0.931. The van der Waals surface area contributed by atoms with Gasteiger partial charge in [-0.3, -0.25) is 4.79 Å². The Morgan fingerprint density at radius 3 is 2.72 bits per heavy atom. The Morgan fingerprint density at radius 1 is 1.44 bits per heavy atom. The molecule has 0 saturated carbocycles. The number of carboxylic acid groups (broad SMARTS) is 1. The average molecular weight is 270 g/mol. The van der Waals surface area contributed by atoms with Crippen molar-refractivity contribution in [2.45, 2.75) is 26.8 Å². The molecule has 1 aromatic rings. The minimum absolute atomic E-state index is 0.0387. The highest BCUT2D eigenvalue weighted by molar-refractivity contribution is 7.14. The molecule has 0 fully saturated rings. The molecule has 1 amide bonds. The van der Waals surface area contributed by atoms with Crippen LogP contribution in [0.4, 0.5) is 0 Å². The van der Waals surface area contributed by atoms with Gasteiger partial charge in [-0.1, -0.05) is 6.92 Å². The molecule has 100 valence electrons. The van der Waals surface area contributed by atoms with E-state index < -0.39 is 5.97 Å². The topological polar surface area (TPSA) is 78.4 Å². The summed E-state index contributed by atoms with van der Waals surface area (Å²) >= 11 is 1.26. The van der Waals surface area contributed by atoms with Gasteiger partial charge in [0.1, 0.15) is 4.88 Å². The van der Waals surface area contributed by atoms with Crippen LogP contribution in [0, 0.1) is 6.92 Å². The molecule has 0 atom stereocenters. The summed E-state index contributed by atoms with van der Waals surface area (Å²) in [6.07, 6.45) is 0.914. The molecule has 0 aliphatic carbocycles. The SMILES string of the molecule is CCCNC(=O)CNCc1cc(C(=O)O)sc1C. The van der Waals surface area contributed by atoms with Gasteiger partial charge in [0.25, 0.3) is 0 Å². The second-order valence-electron chi connectivity index (χ2n) is 3.95. The van der Waals surface area contributed by atoms with Gasteiger partial charge in [-0.15, -0.1) is 11.3 Å². The van der Waals surface area contributed by atoms with E-state index in [0.717, 1.165) is 16.9 Å². The van der Waals surface area contributed by atoms with E-state index in [2.05, 4.69) is 10.6 Å². The maximum absolute atomic E-state index is 11.3. The Morgan fingerprint density at radius 2 is 2.17 bits per heavy atom. The monoisotopic (exact) mass is 270 g/mol. The van der Waals surface area contributed by atoms with E-state index in [1.165, 1.54) is 11.3 Å². The third-order valence-corrected chi connectivity index (χ3v) is 3.49. The fourth-order valence-corrected chi connectivity index (χ4v) is 2.32. The average Bonchev–Trinajstić information content (AvgIpc) is 2.69. The molecule has 3 N–H and O–H groups in total. The van der Waals surface area contributed by atoms with E-state index in [0.29, 0.717) is 18.0 Å². The third kappa shape index (κ3) is 4.46. The zero-order valence-corrected chi connectivity index (χ0v) is 11.4. The number of amides is 1. The van der Waals surface area contributed by atoms with Crippen molar-refractivity contribution in [2.75, 3.05) is 13.1 Å². The number of thiophene rings is 1. The highest BCUT2D eigenvalue weighted by atomic mass is 32.1. The number of aryl methyl sites for hydroxylation is 1. The number of hydrogen-bond acceptors (Lipinski definition) is 4. The van der Waals surface area contributed by atoms with E-state index in [-0.39, 0.29) is 12.5 Å². The lowest BCUT2D eigenvalue weighted by atomic mass is 10.2. The van der Waals surface area contributed by atoms with E-state index in [9.17, 15) is 9.59 Å². The number of carboxylic acids is 1. The Bertz CT molecular complexity index is 429. The molecule has 18 heavy (non-hydrogen) atoms. The van der Waals surface area contributed by atoms with Gasteiger partial charge in [0.15, 0.2) is 0 Å². The summed E-state index contributed by atoms with van der Waals surface area (Å²) in [7, 11) is 0. The van der Waals surface area contributed by atoms with Gasteiger partial charge in [-0.05, 0) is 25.0 Å². The van der Waals surface area contributed by atoms with Crippen molar-refractivity contribution in [3.63, 3.8) is 0 Å². The molecular formula is C12H18N2O3S. The molecule has 1 aromatic heterocycles. The van der Waals surface area contributed by atoms with Gasteiger partial charge in [0, 0.05) is 18.0 Å². The zero-order valence-electron chi connectivity index (χ0n) is 10.6. The summed E-state index contributed by atoms with van der Waals surface area (Å²) in [6.45, 7) is 5.31. The highest BCUT2D eigenvalue weighted by Crippen LogP contribution is 2.21. The summed E-state index contributed by atoms with van der Waals surface area (Å²) in [6, 6.07) is 1.65. The molecule has 0 aromatic carbocycles. The number of carbonyl (C=O) groups is 2. The number of rotatable bonds is 7. The number of carbonyl (C=O) groups excluding carboxylic acids is 1. The first-order chi connectivity index (χ1) is 8.54. The molecule has 1 heterocycles. The lowest BCUT2D eigenvalue weighted by Crippen LogP contribution is -2.33. The first-order valence-corrected chi connectivity index (χ1v) is 6.66. The maximum Gasteiger partial charge on any atom is 0.345 e. The van der Waals surface area contributed by atoms with Crippen molar-refractivity contribution in [1.29, 1.82) is 0 Å². The van der Waals surface area contributed by atoms with Gasteiger partial charge in [-0.2, -0.15) is 0 Å². The standard InChI is InChI=1S/C12H18N2O3S/c1-3-4-14-11(15)7-13-6-9-5-10(12(16)17)18-8(9)2/h5,13H,3-4,6-7H2,1-2H3,(H,14,15)(H,16,17). The maximum atomic E-state index is 11.3. The Balaban J connectivity index is 2.39. The molecule has 0 bridgehead atoms. The molecule has 1 rings (SSSR count). The predicted octanol–water partition coefficient (Wildman–Crippen LogP) is 1.37. The van der Waals surface area contributed by atoms with Crippen LogP contribution < -0.4 is 10.6 Å². The molecule has 0 radical (unpaired) electrons. The van der Waals surface area contributed by atoms with Crippen molar-refractivity contribution < 1.29 is 14.7 Å². The summed E-state index contributed by atoms with van der Waals surface area (Å²) < 4.78 is 0. The predicted molar refractivity (Wildman–Crippen MR) is 71.0 cm³/mol. The number of hydrogen-bond donors (Lipinski definition) is 3. The van der Waals surface area contributed by atoms with E-state index in [1.54, 1.807) is 6.07 Å². The van der Waals surface area contributed by atoms with Crippen LogP contribution in [0.5, 0.6) is 0 Å². The van der Waals surface area contributed by atoms with Crippen molar-refractivity contribution in [3.8, 4) is 0 Å². The third-order valence-electron chi connectivity index (χ3n) is 2.40. The molecule has 6 heteroatoms. The van der Waals surface area contributed by atoms with Crippen LogP contribution in [0.15, 0.2) is 6.07 Å². The van der Waals surface area contributed by atoms with Crippen molar-refractivity contribution in [1.82, 2.24) is 10.6 Å². The molecule has 5 nitrogen and oxygen atoms in total. The quantitative estimate of drug-likeness (QED) is 0.699. The first-order valence-electron chi connectivity index (χ1n) is 5.84. The normalized spacial score (nSPS) is 10.3. The minimum atomic E-state index is -0.907. The van der Waals surface area contributed by atoms with E-state index in [1.807, 2.05) is 13.8 Å². The second-order valence-corrected chi connectivity index (χ2v) is 5.21. The van der Waals surface area contributed by atoms with Crippen LogP contribution in [0.25, 0.3) is 0 Å². The van der Waals surface area contributed by atoms with Gasteiger partial charge < -0.3 is 15.7 Å². The Labute approximate surface area is 110 Å². The van der Waals surface area contributed by atoms with Gasteiger partial charge >= 0.3 is 5.97 Å². The molecule has 0 aliphatic rings. The van der Waals surface area contributed by atoms with Crippen LogP contribution in [0.3, 0.4) is 0 Å². The smallest absolute Gasteiger partial charge is 0.345 e. The molecule has 0 aliphatic heterocycles. The van der Waals surface area contributed by atoms with Gasteiger partial charge in [0.2, 0.25) is 5.91 Å². The summed E-state index contributed by atoms with van der Waals surface area (Å²) in [4.78, 5) is 23.4. The fourth-order valence-electron chi connectivity index (χ4n) is 1.44. The van der Waals surface area contributed by atoms with E-state index >= 15 is 0 Å². The van der Waals surface area contributed by atoms with Crippen molar-refractivity contribution in [3.05, 3.63) is 21.4 Å². The van der Waals surface area contributed by atoms with Crippen LogP contribution in [0.2, 0.25) is 0 Å². The number of aromatic carboxylic acids is 1. The van der Waals surface area contributed by atoms with E-state index in [4.69, 9.17) is 5.11 Å². The van der Waals surface area contributed by atoms with Crippen molar-refractivity contribution in [2.24, 2.45) is 0 Å². The highest BCUT2D eigenvalue weighted by Gasteiger charge is 2.10. The minimum Gasteiger partial charge on any atom is -0.477 e. The first kappa shape index (κ1) is 14.7. The lowest BCUT2D eigenvalue weighted by Gasteiger charge is -2.05. The summed E-state index contributed by atoms with van der Waals surface area (Å²) in [5.74, 6) is -0.946. The lowest BCUT2D eigenvalue weighted by molar-refractivity contribution is -0.120. The summed E-state index contributed by atoms with van der Waals surface area (Å²) in [5, 5.41) is 14.6. The Hall–Kier alpha value is -1.40. The fraction of sp³-hybridized carbons (Fsp3) is 0.500. The molecule has 0 saturated heterocycles. The molecule has 0 unspecified atom stereocenters. The molecule has 0 spiro atoms. The van der Waals surface area contributed by atoms with Crippen LogP contribution >= 0.6 is 11.3 Å². The largest absolute Gasteiger partial charge is 0.477 e. The Kier molecular flexibility index (Phi) is 5.80. The number of nitrogens with one attached hydrogen (secondary N) is 2. The van der Waals surface area contributed by atoms with Gasteiger partial charge in [-0.25, -0.2) is 4.79 Å². The molecular weight excluding hydrogens is 252 g/mol. The second kappa shape index (κ2) is 7.13. The van der Waals surface area contributed by atoms with Gasteiger partial charge in [0.05, 0.1) is 6.54 Å².